The number of hydrogen-bond donors (Lipinski definition) is 2. The van der Waals surface area contributed by atoms with Crippen LogP contribution in [0.4, 0.5) is 0 Å². The molecule has 1 aromatic heterocycles. The molecule has 0 atom stereocenters. The molecule has 0 aromatic carbocycles. The highest BCUT2D eigenvalue weighted by atomic mass is 32.1. The fraction of sp³-hybridized carbons (Fsp3) is 0.444. The van der Waals surface area contributed by atoms with Gasteiger partial charge in [0.25, 0.3) is 5.91 Å². The van der Waals surface area contributed by atoms with E-state index < -0.39 is 5.97 Å². The lowest BCUT2D eigenvalue weighted by atomic mass is 10.5. The van der Waals surface area contributed by atoms with E-state index in [4.69, 9.17) is 9.84 Å². The molecular weight excluding hydrogens is 232 g/mol. The van der Waals surface area contributed by atoms with E-state index in [9.17, 15) is 9.59 Å². The van der Waals surface area contributed by atoms with E-state index in [0.717, 1.165) is 11.3 Å². The summed E-state index contributed by atoms with van der Waals surface area (Å²) < 4.78 is 5.04. The number of nitrogens with one attached hydrogen (secondary N) is 1. The van der Waals surface area contributed by atoms with Crippen LogP contribution >= 0.6 is 11.3 Å². The average molecular weight is 244 g/mol. The van der Waals surface area contributed by atoms with Gasteiger partial charge < -0.3 is 15.2 Å². The quantitative estimate of drug-likeness (QED) is 0.716. The molecule has 0 radical (unpaired) electrons. The first-order valence-electron chi connectivity index (χ1n) is 4.70. The monoisotopic (exact) mass is 244 g/mol. The maximum atomic E-state index is 11.4. The highest BCUT2D eigenvalue weighted by Crippen LogP contribution is 2.09. The molecule has 0 unspecified atom stereocenters. The van der Waals surface area contributed by atoms with Gasteiger partial charge in [-0.2, -0.15) is 0 Å². The van der Waals surface area contributed by atoms with Gasteiger partial charge in [0.15, 0.2) is 10.7 Å². The van der Waals surface area contributed by atoms with Crippen molar-refractivity contribution >= 4 is 23.2 Å². The Morgan fingerprint density at radius 2 is 2.38 bits per heavy atom. The third-order valence-corrected chi connectivity index (χ3v) is 2.49. The molecule has 7 heteroatoms. The highest BCUT2D eigenvalue weighted by Gasteiger charge is 2.13. The Kier molecular flexibility index (Phi) is 4.87. The Morgan fingerprint density at radius 1 is 1.62 bits per heavy atom. The molecule has 1 amide bonds. The molecule has 0 aliphatic carbocycles. The van der Waals surface area contributed by atoms with Crippen LogP contribution in [0.15, 0.2) is 5.38 Å². The van der Waals surface area contributed by atoms with Gasteiger partial charge >= 0.3 is 5.97 Å². The summed E-state index contributed by atoms with van der Waals surface area (Å²) in [4.78, 5) is 25.6. The molecule has 0 aliphatic heterocycles. The number of carboxylic acids is 1. The summed E-state index contributed by atoms with van der Waals surface area (Å²) in [6.07, 6.45) is 0. The van der Waals surface area contributed by atoms with Crippen molar-refractivity contribution in [3.05, 3.63) is 16.1 Å². The lowest BCUT2D eigenvalue weighted by Gasteiger charge is -2.02. The van der Waals surface area contributed by atoms with E-state index in [1.807, 2.05) is 6.92 Å². The van der Waals surface area contributed by atoms with Crippen molar-refractivity contribution in [2.24, 2.45) is 0 Å². The molecule has 1 rings (SSSR count). The number of aromatic carboxylic acids is 1. The average Bonchev–Trinajstić information content (AvgIpc) is 2.73. The Morgan fingerprint density at radius 3 is 2.94 bits per heavy atom. The molecule has 6 nitrogen and oxygen atoms in total. The Hall–Kier alpha value is -1.47. The molecule has 0 aliphatic rings. The number of hydrogen-bond acceptors (Lipinski definition) is 5. The first kappa shape index (κ1) is 12.6. The number of carbonyl (C=O) groups excluding carboxylic acids is 1. The topological polar surface area (TPSA) is 88.5 Å². The van der Waals surface area contributed by atoms with Gasteiger partial charge in [-0.25, -0.2) is 9.78 Å². The summed E-state index contributed by atoms with van der Waals surface area (Å²) in [6, 6.07) is 0. The Labute approximate surface area is 96.3 Å². The van der Waals surface area contributed by atoms with Gasteiger partial charge in [-0.3, -0.25) is 4.79 Å². The van der Waals surface area contributed by atoms with Crippen LogP contribution in [0.25, 0.3) is 0 Å². The van der Waals surface area contributed by atoms with E-state index in [-0.39, 0.29) is 16.6 Å². The number of carboxylic acid groups (broad SMARTS) is 1. The van der Waals surface area contributed by atoms with E-state index in [1.165, 1.54) is 5.38 Å². The van der Waals surface area contributed by atoms with Crippen LogP contribution in [0.5, 0.6) is 0 Å². The molecule has 88 valence electrons. The van der Waals surface area contributed by atoms with Gasteiger partial charge in [0, 0.05) is 18.5 Å². The number of carbonyl (C=O) groups is 2. The largest absolute Gasteiger partial charge is 0.476 e. The molecular formula is C9H12N2O4S. The number of nitrogens with zero attached hydrogens (tertiary/aromatic N) is 1. The maximum absolute atomic E-state index is 11.4. The first-order chi connectivity index (χ1) is 7.65. The number of ether oxygens (including phenoxy) is 1. The summed E-state index contributed by atoms with van der Waals surface area (Å²) >= 11 is 1.00. The lowest BCUT2D eigenvalue weighted by molar-refractivity contribution is 0.0691. The Bertz CT molecular complexity index is 377. The van der Waals surface area contributed by atoms with Crippen LogP contribution in [0.1, 0.15) is 27.2 Å². The van der Waals surface area contributed by atoms with Crippen molar-refractivity contribution in [3.63, 3.8) is 0 Å². The van der Waals surface area contributed by atoms with Gasteiger partial charge in [-0.1, -0.05) is 0 Å². The van der Waals surface area contributed by atoms with Crippen LogP contribution < -0.4 is 5.32 Å². The molecule has 16 heavy (non-hydrogen) atoms. The van der Waals surface area contributed by atoms with Crippen LogP contribution in [0.3, 0.4) is 0 Å². The van der Waals surface area contributed by atoms with Crippen molar-refractivity contribution in [1.82, 2.24) is 10.3 Å². The minimum atomic E-state index is -1.13. The van der Waals surface area contributed by atoms with Crippen molar-refractivity contribution in [2.75, 3.05) is 19.8 Å². The third kappa shape index (κ3) is 3.59. The van der Waals surface area contributed by atoms with Crippen molar-refractivity contribution in [1.29, 1.82) is 0 Å². The minimum Gasteiger partial charge on any atom is -0.476 e. The summed E-state index contributed by atoms with van der Waals surface area (Å²) in [6.45, 7) is 3.27. The predicted molar refractivity (Wildman–Crippen MR) is 57.9 cm³/mol. The smallest absolute Gasteiger partial charge is 0.355 e. The summed E-state index contributed by atoms with van der Waals surface area (Å²) in [5.41, 5.74) is -0.111. The van der Waals surface area contributed by atoms with Crippen molar-refractivity contribution in [2.45, 2.75) is 6.92 Å². The summed E-state index contributed by atoms with van der Waals surface area (Å²) in [5, 5.41) is 12.7. The van der Waals surface area contributed by atoms with Gasteiger partial charge in [-0.05, 0) is 6.92 Å². The second-order valence-electron chi connectivity index (χ2n) is 2.80. The zero-order valence-corrected chi connectivity index (χ0v) is 9.54. The molecule has 0 saturated carbocycles. The second-order valence-corrected chi connectivity index (χ2v) is 3.65. The second kappa shape index (κ2) is 6.19. The minimum absolute atomic E-state index is 0.111. The zero-order chi connectivity index (χ0) is 12.0. The molecule has 0 saturated heterocycles. The molecule has 1 aromatic rings. The standard InChI is InChI=1S/C9H12N2O4S/c1-2-15-4-3-10-7(12)8-11-6(5-16-8)9(13)14/h5H,2-4H2,1H3,(H,10,12)(H,13,14). The summed E-state index contributed by atoms with van der Waals surface area (Å²) in [5.74, 6) is -1.51. The van der Waals surface area contributed by atoms with Gasteiger partial charge in [0.2, 0.25) is 0 Å². The molecule has 0 spiro atoms. The van der Waals surface area contributed by atoms with Crippen molar-refractivity contribution < 1.29 is 19.4 Å². The summed E-state index contributed by atoms with van der Waals surface area (Å²) in [7, 11) is 0. The van der Waals surface area contributed by atoms with E-state index in [0.29, 0.717) is 19.8 Å². The third-order valence-electron chi connectivity index (χ3n) is 1.65. The SMILES string of the molecule is CCOCCNC(=O)c1nc(C(=O)O)cs1. The maximum Gasteiger partial charge on any atom is 0.355 e. The lowest BCUT2D eigenvalue weighted by Crippen LogP contribution is -2.27. The van der Waals surface area contributed by atoms with Crippen molar-refractivity contribution in [3.8, 4) is 0 Å². The number of amides is 1. The van der Waals surface area contributed by atoms with Gasteiger partial charge in [0.1, 0.15) is 0 Å². The molecule has 0 bridgehead atoms. The Balaban J connectivity index is 2.43. The van der Waals surface area contributed by atoms with Gasteiger partial charge in [-0.15, -0.1) is 11.3 Å². The van der Waals surface area contributed by atoms with E-state index >= 15 is 0 Å². The number of rotatable bonds is 6. The van der Waals surface area contributed by atoms with Crippen LogP contribution in [-0.4, -0.2) is 41.7 Å². The van der Waals surface area contributed by atoms with Crippen LogP contribution in [0.2, 0.25) is 0 Å². The first-order valence-corrected chi connectivity index (χ1v) is 5.58. The fourth-order valence-electron chi connectivity index (χ4n) is 0.933. The molecule has 2 N–H and O–H groups in total. The van der Waals surface area contributed by atoms with Crippen LogP contribution in [-0.2, 0) is 4.74 Å². The molecule has 1 heterocycles. The zero-order valence-electron chi connectivity index (χ0n) is 8.73. The number of aromatic nitrogens is 1. The van der Waals surface area contributed by atoms with E-state index in [1.54, 1.807) is 0 Å². The fourth-order valence-corrected chi connectivity index (χ4v) is 1.64. The normalized spacial score (nSPS) is 10.1. The van der Waals surface area contributed by atoms with Gasteiger partial charge in [0.05, 0.1) is 6.61 Å². The van der Waals surface area contributed by atoms with Crippen LogP contribution in [0, 0.1) is 0 Å². The van der Waals surface area contributed by atoms with E-state index in [2.05, 4.69) is 10.3 Å². The highest BCUT2D eigenvalue weighted by molar-refractivity contribution is 7.11. The molecule has 0 fully saturated rings. The predicted octanol–water partition coefficient (Wildman–Crippen LogP) is 0.608. The number of thiazole rings is 1.